The van der Waals surface area contributed by atoms with Crippen LogP contribution in [0.4, 0.5) is 23.7 Å². The number of rotatable bonds is 3. The van der Waals surface area contributed by atoms with Crippen LogP contribution in [0.1, 0.15) is 12.0 Å². The molecule has 1 N–H and O–H groups in total. The summed E-state index contributed by atoms with van der Waals surface area (Å²) < 4.78 is 44.8. The third kappa shape index (κ3) is 4.19. The van der Waals surface area contributed by atoms with E-state index < -0.39 is 17.8 Å². The van der Waals surface area contributed by atoms with Crippen molar-refractivity contribution in [2.75, 3.05) is 18.4 Å². The van der Waals surface area contributed by atoms with Crippen molar-refractivity contribution >= 4 is 23.3 Å². The molecule has 1 aliphatic heterocycles. The van der Waals surface area contributed by atoms with Gasteiger partial charge in [0, 0.05) is 31.4 Å². The summed E-state index contributed by atoms with van der Waals surface area (Å²) in [5.41, 5.74) is -1.16. The number of nitrogens with zero attached hydrogens (tertiary/aromatic N) is 2. The Bertz CT molecular complexity index is 801. The van der Waals surface area contributed by atoms with E-state index in [0.29, 0.717) is 23.7 Å². The van der Waals surface area contributed by atoms with E-state index in [1.165, 1.54) is 35.5 Å². The lowest BCUT2D eigenvalue weighted by Crippen LogP contribution is -2.35. The van der Waals surface area contributed by atoms with Gasteiger partial charge in [-0.05, 0) is 12.1 Å². The van der Waals surface area contributed by atoms with Crippen molar-refractivity contribution < 1.29 is 22.7 Å². The highest BCUT2D eigenvalue weighted by atomic mass is 35.5. The molecular formula is C17H15ClF3N3O2. The predicted molar refractivity (Wildman–Crippen MR) is 90.3 cm³/mol. The van der Waals surface area contributed by atoms with Crippen LogP contribution in [0.3, 0.4) is 0 Å². The fourth-order valence-electron chi connectivity index (χ4n) is 2.68. The minimum absolute atomic E-state index is 0.249. The number of hydrogen-bond donors (Lipinski definition) is 1. The number of ether oxygens (including phenoxy) is 1. The van der Waals surface area contributed by atoms with Gasteiger partial charge >= 0.3 is 12.2 Å². The maximum absolute atomic E-state index is 13.0. The van der Waals surface area contributed by atoms with Crippen LogP contribution in [-0.2, 0) is 6.18 Å². The molecule has 1 aliphatic rings. The fourth-order valence-corrected chi connectivity index (χ4v) is 2.84. The molecule has 0 aliphatic carbocycles. The lowest BCUT2D eigenvalue weighted by Gasteiger charge is -2.20. The van der Waals surface area contributed by atoms with Crippen molar-refractivity contribution in [2.45, 2.75) is 18.7 Å². The number of anilines is 1. The average Bonchev–Trinajstić information content (AvgIpc) is 3.05. The quantitative estimate of drug-likeness (QED) is 0.849. The zero-order valence-corrected chi connectivity index (χ0v) is 14.2. The number of para-hydroxylation sites is 1. The summed E-state index contributed by atoms with van der Waals surface area (Å²) in [5, 5.41) is 2.69. The van der Waals surface area contributed by atoms with Gasteiger partial charge in [0.2, 0.25) is 0 Å². The van der Waals surface area contributed by atoms with E-state index in [1.54, 1.807) is 6.07 Å². The maximum atomic E-state index is 13.0. The van der Waals surface area contributed by atoms with Crippen molar-refractivity contribution in [3.05, 3.63) is 53.3 Å². The molecule has 2 aromatic rings. The SMILES string of the molecule is O=C(Nc1ccccc1C(F)(F)F)N1CC[C@H](Oc2ccncc2Cl)C1. The summed E-state index contributed by atoms with van der Waals surface area (Å²) in [6.45, 7) is 0.617. The smallest absolute Gasteiger partial charge is 0.418 e. The van der Waals surface area contributed by atoms with Crippen molar-refractivity contribution in [2.24, 2.45) is 0 Å². The van der Waals surface area contributed by atoms with Gasteiger partial charge in [-0.15, -0.1) is 0 Å². The van der Waals surface area contributed by atoms with E-state index in [0.717, 1.165) is 6.07 Å². The van der Waals surface area contributed by atoms with Crippen LogP contribution in [0.2, 0.25) is 5.02 Å². The summed E-state index contributed by atoms with van der Waals surface area (Å²) >= 11 is 5.98. The molecule has 1 atom stereocenters. The topological polar surface area (TPSA) is 54.5 Å². The number of halogens is 4. The van der Waals surface area contributed by atoms with Gasteiger partial charge in [-0.25, -0.2) is 4.79 Å². The molecule has 0 saturated carbocycles. The molecule has 26 heavy (non-hydrogen) atoms. The number of benzene rings is 1. The second kappa shape index (κ2) is 7.41. The Morgan fingerprint density at radius 1 is 1.31 bits per heavy atom. The predicted octanol–water partition coefficient (Wildman–Crippen LogP) is 4.44. The molecule has 0 radical (unpaired) electrons. The molecule has 1 aromatic heterocycles. The standard InChI is InChI=1S/C17H15ClF3N3O2/c18-13-9-22-7-5-15(13)26-11-6-8-24(10-11)16(25)23-14-4-2-1-3-12(14)17(19,20)21/h1-5,7,9,11H,6,8,10H2,(H,23,25)/t11-/m0/s1. The lowest BCUT2D eigenvalue weighted by atomic mass is 10.1. The van der Waals surface area contributed by atoms with Gasteiger partial charge in [-0.2, -0.15) is 13.2 Å². The molecule has 3 rings (SSSR count). The Morgan fingerprint density at radius 3 is 2.81 bits per heavy atom. The molecule has 1 aromatic carbocycles. The average molecular weight is 386 g/mol. The molecule has 0 spiro atoms. The second-order valence-electron chi connectivity index (χ2n) is 5.75. The summed E-state index contributed by atoms with van der Waals surface area (Å²) in [7, 11) is 0. The van der Waals surface area contributed by atoms with E-state index in [4.69, 9.17) is 16.3 Å². The molecule has 2 amide bonds. The van der Waals surface area contributed by atoms with Crippen molar-refractivity contribution in [1.29, 1.82) is 0 Å². The Morgan fingerprint density at radius 2 is 2.08 bits per heavy atom. The Kier molecular flexibility index (Phi) is 5.22. The van der Waals surface area contributed by atoms with Gasteiger partial charge in [0.05, 0.1) is 17.8 Å². The normalized spacial score (nSPS) is 17.2. The zero-order valence-electron chi connectivity index (χ0n) is 13.5. The van der Waals surface area contributed by atoms with Crippen molar-refractivity contribution in [1.82, 2.24) is 9.88 Å². The van der Waals surface area contributed by atoms with Crippen LogP contribution >= 0.6 is 11.6 Å². The monoisotopic (exact) mass is 385 g/mol. The highest BCUT2D eigenvalue weighted by Crippen LogP contribution is 2.34. The van der Waals surface area contributed by atoms with Gasteiger partial charge in [-0.3, -0.25) is 4.98 Å². The minimum Gasteiger partial charge on any atom is -0.487 e. The highest BCUT2D eigenvalue weighted by Gasteiger charge is 2.34. The fraction of sp³-hybridized carbons (Fsp3) is 0.294. The van der Waals surface area contributed by atoms with E-state index in [2.05, 4.69) is 10.3 Å². The third-order valence-electron chi connectivity index (χ3n) is 3.94. The maximum Gasteiger partial charge on any atom is 0.418 e. The van der Waals surface area contributed by atoms with Gasteiger partial charge in [0.1, 0.15) is 16.9 Å². The first-order valence-electron chi connectivity index (χ1n) is 7.83. The first kappa shape index (κ1) is 18.3. The number of urea groups is 1. The van der Waals surface area contributed by atoms with Gasteiger partial charge < -0.3 is 15.0 Å². The van der Waals surface area contributed by atoms with Crippen LogP contribution in [0.25, 0.3) is 0 Å². The van der Waals surface area contributed by atoms with Crippen molar-refractivity contribution in [3.8, 4) is 5.75 Å². The van der Waals surface area contributed by atoms with Crippen molar-refractivity contribution in [3.63, 3.8) is 0 Å². The first-order valence-corrected chi connectivity index (χ1v) is 8.20. The number of carbonyl (C=O) groups is 1. The van der Waals surface area contributed by atoms with Crippen LogP contribution in [-0.4, -0.2) is 35.1 Å². The van der Waals surface area contributed by atoms with E-state index in [1.807, 2.05) is 0 Å². The van der Waals surface area contributed by atoms with Gasteiger partial charge in [0.25, 0.3) is 0 Å². The van der Waals surface area contributed by atoms with Gasteiger partial charge in [0.15, 0.2) is 0 Å². The number of aromatic nitrogens is 1. The summed E-state index contributed by atoms with van der Waals surface area (Å²) in [6, 6.07) is 5.88. The highest BCUT2D eigenvalue weighted by molar-refractivity contribution is 6.31. The number of nitrogens with one attached hydrogen (secondary N) is 1. The number of amides is 2. The zero-order chi connectivity index (χ0) is 18.7. The van der Waals surface area contributed by atoms with Crippen LogP contribution in [0.15, 0.2) is 42.7 Å². The molecule has 5 nitrogen and oxygen atoms in total. The van der Waals surface area contributed by atoms with Crippen LogP contribution < -0.4 is 10.1 Å². The molecule has 0 bridgehead atoms. The number of hydrogen-bond acceptors (Lipinski definition) is 3. The van der Waals surface area contributed by atoms with E-state index >= 15 is 0 Å². The summed E-state index contributed by atoms with van der Waals surface area (Å²) in [4.78, 5) is 17.6. The number of likely N-dealkylation sites (tertiary alicyclic amines) is 1. The minimum atomic E-state index is -4.54. The third-order valence-corrected chi connectivity index (χ3v) is 4.22. The molecule has 1 fully saturated rings. The molecule has 2 heterocycles. The Hall–Kier alpha value is -2.48. The molecule has 1 saturated heterocycles. The van der Waals surface area contributed by atoms with Crippen LogP contribution in [0, 0.1) is 0 Å². The largest absolute Gasteiger partial charge is 0.487 e. The number of pyridine rings is 1. The summed E-state index contributed by atoms with van der Waals surface area (Å²) in [5.74, 6) is 0.455. The van der Waals surface area contributed by atoms with Gasteiger partial charge in [-0.1, -0.05) is 23.7 Å². The lowest BCUT2D eigenvalue weighted by molar-refractivity contribution is -0.136. The molecule has 9 heteroatoms. The summed E-state index contributed by atoms with van der Waals surface area (Å²) in [6.07, 6.45) is -1.30. The first-order chi connectivity index (χ1) is 12.3. The Labute approximate surface area is 152 Å². The number of carbonyl (C=O) groups excluding carboxylic acids is 1. The van der Waals surface area contributed by atoms with Crippen LogP contribution in [0.5, 0.6) is 5.75 Å². The molecule has 138 valence electrons. The second-order valence-corrected chi connectivity index (χ2v) is 6.16. The number of alkyl halides is 3. The van der Waals surface area contributed by atoms with E-state index in [-0.39, 0.29) is 18.3 Å². The molecule has 0 unspecified atom stereocenters. The Balaban J connectivity index is 1.63. The van der Waals surface area contributed by atoms with E-state index in [9.17, 15) is 18.0 Å². The molecular weight excluding hydrogens is 371 g/mol.